The fraction of sp³-hybridized carbons (Fsp3) is 0.321. The highest BCUT2D eigenvalue weighted by molar-refractivity contribution is 6.33. The van der Waals surface area contributed by atoms with Crippen LogP contribution in [0.3, 0.4) is 0 Å². The Hall–Kier alpha value is -2.62. The van der Waals surface area contributed by atoms with E-state index in [1.54, 1.807) is 6.07 Å². The Bertz CT molecular complexity index is 1050. The number of piperidine rings is 1. The monoisotopic (exact) mass is 444 g/mol. The zero-order chi connectivity index (χ0) is 21.9. The van der Waals surface area contributed by atoms with E-state index in [2.05, 4.69) is 65.6 Å². The highest BCUT2D eigenvalue weighted by Crippen LogP contribution is 2.36. The van der Waals surface area contributed by atoms with Crippen LogP contribution in [0.15, 0.2) is 84.9 Å². The van der Waals surface area contributed by atoms with Crippen molar-refractivity contribution in [3.63, 3.8) is 0 Å². The molecule has 0 N–H and O–H groups in total. The van der Waals surface area contributed by atoms with Gasteiger partial charge in [-0.3, -0.25) is 9.69 Å². The van der Waals surface area contributed by atoms with Gasteiger partial charge in [0.05, 0.1) is 10.6 Å². The van der Waals surface area contributed by atoms with Crippen molar-refractivity contribution in [1.29, 1.82) is 0 Å². The standard InChI is InChI=1S/C28H29ClN2O/c29-26-14-8-7-13-24(26)28(32)31-19-25(23-11-5-2-6-12-23)27(20-31)30-17-15-22(16-18-30)21-9-3-1-4-10-21/h1-14,22,25,27H,15-20H2/t25-,27+/m0/s1. The Balaban J connectivity index is 1.35. The van der Waals surface area contributed by atoms with E-state index in [1.165, 1.54) is 24.0 Å². The average Bonchev–Trinajstić information content (AvgIpc) is 3.31. The Morgan fingerprint density at radius 2 is 1.34 bits per heavy atom. The lowest BCUT2D eigenvalue weighted by Gasteiger charge is -2.38. The van der Waals surface area contributed by atoms with E-state index in [0.29, 0.717) is 28.5 Å². The number of carbonyl (C=O) groups excluding carboxylic acids is 1. The molecule has 2 aliphatic heterocycles. The molecule has 2 atom stereocenters. The van der Waals surface area contributed by atoms with E-state index in [9.17, 15) is 4.79 Å². The van der Waals surface area contributed by atoms with Crippen molar-refractivity contribution in [2.75, 3.05) is 26.2 Å². The van der Waals surface area contributed by atoms with Gasteiger partial charge in [-0.05, 0) is 55.1 Å². The molecule has 164 valence electrons. The van der Waals surface area contributed by atoms with Crippen molar-refractivity contribution < 1.29 is 4.79 Å². The summed E-state index contributed by atoms with van der Waals surface area (Å²) in [6.07, 6.45) is 2.33. The zero-order valence-electron chi connectivity index (χ0n) is 18.2. The van der Waals surface area contributed by atoms with Gasteiger partial charge in [0, 0.05) is 25.0 Å². The van der Waals surface area contributed by atoms with Gasteiger partial charge in [0.2, 0.25) is 0 Å². The third kappa shape index (κ3) is 4.32. The van der Waals surface area contributed by atoms with Gasteiger partial charge >= 0.3 is 0 Å². The van der Waals surface area contributed by atoms with Crippen molar-refractivity contribution in [1.82, 2.24) is 9.80 Å². The summed E-state index contributed by atoms with van der Waals surface area (Å²) in [5.74, 6) is 0.985. The third-order valence-electron chi connectivity index (χ3n) is 7.18. The Labute approximate surface area is 195 Å². The van der Waals surface area contributed by atoms with Gasteiger partial charge in [-0.15, -0.1) is 0 Å². The van der Waals surface area contributed by atoms with Crippen LogP contribution in [0, 0.1) is 0 Å². The first-order chi connectivity index (χ1) is 15.7. The molecule has 2 fully saturated rings. The molecule has 0 radical (unpaired) electrons. The molecule has 0 spiro atoms. The molecular formula is C28H29ClN2O. The smallest absolute Gasteiger partial charge is 0.255 e. The second kappa shape index (κ2) is 9.48. The maximum absolute atomic E-state index is 13.3. The molecule has 2 saturated heterocycles. The summed E-state index contributed by atoms with van der Waals surface area (Å²) < 4.78 is 0. The lowest BCUT2D eigenvalue weighted by atomic mass is 9.87. The summed E-state index contributed by atoms with van der Waals surface area (Å²) in [6, 6.07) is 29.3. The predicted molar refractivity (Wildman–Crippen MR) is 130 cm³/mol. The van der Waals surface area contributed by atoms with Crippen LogP contribution in [0.25, 0.3) is 0 Å². The summed E-state index contributed by atoms with van der Waals surface area (Å²) in [4.78, 5) is 18.0. The van der Waals surface area contributed by atoms with Crippen LogP contribution in [0.1, 0.15) is 46.2 Å². The highest BCUT2D eigenvalue weighted by atomic mass is 35.5. The van der Waals surface area contributed by atoms with Crippen molar-refractivity contribution in [2.45, 2.75) is 30.7 Å². The number of halogens is 1. The van der Waals surface area contributed by atoms with Gasteiger partial charge in [-0.1, -0.05) is 84.4 Å². The van der Waals surface area contributed by atoms with Crippen LogP contribution in [0.5, 0.6) is 0 Å². The minimum Gasteiger partial charge on any atom is -0.336 e. The molecule has 0 saturated carbocycles. The highest BCUT2D eigenvalue weighted by Gasteiger charge is 2.41. The Kier molecular flexibility index (Phi) is 6.29. The number of nitrogens with zero attached hydrogens (tertiary/aromatic N) is 2. The van der Waals surface area contributed by atoms with Crippen LogP contribution in [-0.4, -0.2) is 47.9 Å². The summed E-state index contributed by atoms with van der Waals surface area (Å²) in [6.45, 7) is 3.63. The van der Waals surface area contributed by atoms with Crippen LogP contribution < -0.4 is 0 Å². The average molecular weight is 445 g/mol. The lowest BCUT2D eigenvalue weighted by Crippen LogP contribution is -2.45. The largest absolute Gasteiger partial charge is 0.336 e. The van der Waals surface area contributed by atoms with Crippen LogP contribution >= 0.6 is 11.6 Å². The van der Waals surface area contributed by atoms with Gasteiger partial charge in [-0.25, -0.2) is 0 Å². The number of likely N-dealkylation sites (tertiary alicyclic amines) is 2. The van der Waals surface area contributed by atoms with Crippen molar-refractivity contribution in [3.8, 4) is 0 Å². The minimum atomic E-state index is 0.0400. The first kappa shape index (κ1) is 21.2. The molecule has 0 unspecified atom stereocenters. The first-order valence-electron chi connectivity index (χ1n) is 11.6. The first-order valence-corrected chi connectivity index (χ1v) is 12.0. The minimum absolute atomic E-state index is 0.0400. The number of hydrogen-bond donors (Lipinski definition) is 0. The van der Waals surface area contributed by atoms with E-state index in [0.717, 1.165) is 26.2 Å². The zero-order valence-corrected chi connectivity index (χ0v) is 19.0. The fourth-order valence-electron chi connectivity index (χ4n) is 5.44. The van der Waals surface area contributed by atoms with Gasteiger partial charge in [0.25, 0.3) is 5.91 Å². The van der Waals surface area contributed by atoms with Crippen molar-refractivity contribution in [2.24, 2.45) is 0 Å². The summed E-state index contributed by atoms with van der Waals surface area (Å²) in [7, 11) is 0. The Morgan fingerprint density at radius 3 is 2.00 bits per heavy atom. The molecule has 1 amide bonds. The number of hydrogen-bond acceptors (Lipinski definition) is 2. The van der Waals surface area contributed by atoms with Crippen molar-refractivity contribution in [3.05, 3.63) is 107 Å². The molecule has 2 aliphatic rings. The van der Waals surface area contributed by atoms with E-state index in [4.69, 9.17) is 11.6 Å². The normalized spacial score (nSPS) is 22.2. The predicted octanol–water partition coefficient (Wildman–Crippen LogP) is 5.83. The van der Waals surface area contributed by atoms with E-state index < -0.39 is 0 Å². The van der Waals surface area contributed by atoms with Gasteiger partial charge in [0.1, 0.15) is 0 Å². The summed E-state index contributed by atoms with van der Waals surface area (Å²) in [5.41, 5.74) is 3.37. The summed E-state index contributed by atoms with van der Waals surface area (Å²) >= 11 is 6.35. The SMILES string of the molecule is O=C(c1ccccc1Cl)N1C[C@@H](N2CCC(c3ccccc3)CC2)[C@H](c2ccccc2)C1. The molecular weight excluding hydrogens is 416 g/mol. The second-order valence-electron chi connectivity index (χ2n) is 9.00. The van der Waals surface area contributed by atoms with E-state index in [1.807, 2.05) is 23.1 Å². The van der Waals surface area contributed by atoms with Gasteiger partial charge in [0.15, 0.2) is 0 Å². The molecule has 0 aromatic heterocycles. The third-order valence-corrected chi connectivity index (χ3v) is 7.51. The maximum atomic E-state index is 13.3. The fourth-order valence-corrected chi connectivity index (χ4v) is 5.66. The topological polar surface area (TPSA) is 23.6 Å². The molecule has 2 heterocycles. The van der Waals surface area contributed by atoms with E-state index >= 15 is 0 Å². The van der Waals surface area contributed by atoms with Gasteiger partial charge < -0.3 is 4.90 Å². The maximum Gasteiger partial charge on any atom is 0.255 e. The quantitative estimate of drug-likeness (QED) is 0.505. The second-order valence-corrected chi connectivity index (χ2v) is 9.40. The molecule has 0 bridgehead atoms. The number of carbonyl (C=O) groups is 1. The molecule has 3 aromatic rings. The molecule has 3 aromatic carbocycles. The Morgan fingerprint density at radius 1 is 0.750 bits per heavy atom. The van der Waals surface area contributed by atoms with Crippen LogP contribution in [-0.2, 0) is 0 Å². The molecule has 4 heteroatoms. The lowest BCUT2D eigenvalue weighted by molar-refractivity contribution is 0.0769. The molecule has 5 rings (SSSR count). The van der Waals surface area contributed by atoms with Crippen LogP contribution in [0.2, 0.25) is 5.02 Å². The van der Waals surface area contributed by atoms with Gasteiger partial charge in [-0.2, -0.15) is 0 Å². The van der Waals surface area contributed by atoms with Crippen molar-refractivity contribution >= 4 is 17.5 Å². The van der Waals surface area contributed by atoms with E-state index in [-0.39, 0.29) is 5.91 Å². The number of amides is 1. The van der Waals surface area contributed by atoms with Crippen LogP contribution in [0.4, 0.5) is 0 Å². The number of benzene rings is 3. The summed E-state index contributed by atoms with van der Waals surface area (Å²) in [5, 5.41) is 0.529. The molecule has 32 heavy (non-hydrogen) atoms. The molecule has 3 nitrogen and oxygen atoms in total. The molecule has 0 aliphatic carbocycles. The number of rotatable bonds is 4.